The van der Waals surface area contributed by atoms with Crippen molar-refractivity contribution in [3.05, 3.63) is 59.7 Å². The number of para-hydroxylation sites is 1. The summed E-state index contributed by atoms with van der Waals surface area (Å²) in [6, 6.07) is 11.9. The predicted molar refractivity (Wildman–Crippen MR) is 88.1 cm³/mol. The molecule has 1 amide bonds. The molecule has 0 aliphatic rings. The Balaban J connectivity index is 2.30. The molecular weight excluding hydrogens is 336 g/mol. The lowest BCUT2D eigenvalue weighted by atomic mass is 10.0. The average Bonchev–Trinajstić information content (AvgIpc) is 2.55. The van der Waals surface area contributed by atoms with Gasteiger partial charge in [0.15, 0.2) is 0 Å². The second-order valence-electron chi connectivity index (χ2n) is 5.53. The van der Waals surface area contributed by atoms with Crippen LogP contribution >= 0.6 is 0 Å². The number of halogens is 2. The van der Waals surface area contributed by atoms with Crippen molar-refractivity contribution in [1.29, 1.82) is 0 Å². The molecule has 0 aromatic heterocycles. The minimum Gasteiger partial charge on any atom is -0.321 e. The van der Waals surface area contributed by atoms with Crippen LogP contribution in [0.3, 0.4) is 0 Å². The zero-order valence-electron chi connectivity index (χ0n) is 13.2. The van der Waals surface area contributed by atoms with E-state index in [0.29, 0.717) is 11.5 Å². The number of benzene rings is 2. The average molecular weight is 353 g/mol. The van der Waals surface area contributed by atoms with E-state index in [-0.39, 0.29) is 5.69 Å². The number of alkyl halides is 2. The number of hydrogen-bond acceptors (Lipinski definition) is 3. The molecule has 24 heavy (non-hydrogen) atoms. The Morgan fingerprint density at radius 1 is 1.00 bits per heavy atom. The van der Waals surface area contributed by atoms with Crippen LogP contribution in [0.4, 0.5) is 14.5 Å². The number of rotatable bonds is 5. The number of carbonyl (C=O) groups is 1. The molecule has 128 valence electrons. The smallest absolute Gasteiger partial charge is 0.321 e. The van der Waals surface area contributed by atoms with Crippen LogP contribution in [0, 0.1) is 0 Å². The molecule has 0 unspecified atom stereocenters. The topological polar surface area (TPSA) is 63.2 Å². The van der Waals surface area contributed by atoms with Gasteiger partial charge in [-0.25, -0.2) is 8.42 Å². The molecule has 0 spiro atoms. The van der Waals surface area contributed by atoms with Crippen molar-refractivity contribution in [2.45, 2.75) is 30.4 Å². The van der Waals surface area contributed by atoms with E-state index >= 15 is 0 Å². The van der Waals surface area contributed by atoms with Gasteiger partial charge in [-0.2, -0.15) is 8.78 Å². The highest BCUT2D eigenvalue weighted by Crippen LogP contribution is 2.26. The maximum atomic E-state index is 12.8. The Bertz CT molecular complexity index is 831. The van der Waals surface area contributed by atoms with Crippen molar-refractivity contribution in [2.75, 3.05) is 5.32 Å². The zero-order chi connectivity index (χ0) is 17.9. The fourth-order valence-corrected chi connectivity index (χ4v) is 3.01. The van der Waals surface area contributed by atoms with Gasteiger partial charge in [0.1, 0.15) is 0 Å². The molecule has 0 fully saturated rings. The Hall–Kier alpha value is -2.28. The van der Waals surface area contributed by atoms with Crippen molar-refractivity contribution in [2.24, 2.45) is 0 Å². The van der Waals surface area contributed by atoms with Gasteiger partial charge in [0.2, 0.25) is 9.84 Å². The van der Waals surface area contributed by atoms with Crippen molar-refractivity contribution in [3.8, 4) is 0 Å². The van der Waals surface area contributed by atoms with Crippen LogP contribution in [0.25, 0.3) is 0 Å². The van der Waals surface area contributed by atoms with Crippen LogP contribution in [-0.2, 0) is 9.84 Å². The lowest BCUT2D eigenvalue weighted by Gasteiger charge is -2.12. The number of amides is 1. The summed E-state index contributed by atoms with van der Waals surface area (Å²) in [5.74, 6) is -3.82. The first-order chi connectivity index (χ1) is 11.2. The first-order valence-electron chi connectivity index (χ1n) is 7.26. The van der Waals surface area contributed by atoms with Gasteiger partial charge in [-0.05, 0) is 35.7 Å². The predicted octanol–water partition coefficient (Wildman–Crippen LogP) is 4.06. The van der Waals surface area contributed by atoms with Crippen LogP contribution in [0.5, 0.6) is 0 Å². The summed E-state index contributed by atoms with van der Waals surface area (Å²) in [5.41, 5.74) is 1.19. The van der Waals surface area contributed by atoms with Crippen LogP contribution in [0.1, 0.15) is 35.7 Å². The largest absolute Gasteiger partial charge is 0.341 e. The third kappa shape index (κ3) is 3.79. The number of carbonyl (C=O) groups excluding carboxylic acids is 1. The summed E-state index contributed by atoms with van der Waals surface area (Å²) in [6.45, 7) is 4.03. The minimum absolute atomic E-state index is 0.171. The number of sulfone groups is 1. The Morgan fingerprint density at radius 2 is 1.58 bits per heavy atom. The van der Waals surface area contributed by atoms with E-state index in [4.69, 9.17) is 0 Å². The van der Waals surface area contributed by atoms with Gasteiger partial charge >= 0.3 is 5.76 Å². The molecule has 0 aliphatic carbocycles. The molecule has 2 rings (SSSR count). The summed E-state index contributed by atoms with van der Waals surface area (Å²) in [7, 11) is -4.80. The van der Waals surface area contributed by atoms with Crippen molar-refractivity contribution >= 4 is 21.4 Å². The van der Waals surface area contributed by atoms with Gasteiger partial charge in [-0.1, -0.05) is 38.1 Å². The van der Waals surface area contributed by atoms with Crippen LogP contribution in [-0.4, -0.2) is 20.1 Å². The van der Waals surface area contributed by atoms with E-state index in [1.165, 1.54) is 18.2 Å². The molecule has 0 saturated heterocycles. The fraction of sp³-hybridized carbons (Fsp3) is 0.235. The van der Waals surface area contributed by atoms with Gasteiger partial charge in [-0.15, -0.1) is 0 Å². The molecule has 2 aromatic carbocycles. The number of hydrogen-bond donors (Lipinski definition) is 1. The normalized spacial score (nSPS) is 11.8. The molecule has 0 atom stereocenters. The van der Waals surface area contributed by atoms with E-state index < -0.39 is 26.4 Å². The first-order valence-corrected chi connectivity index (χ1v) is 8.80. The standard InChI is InChI=1S/C17H17F2NO3S/c1-11(2)12-7-9-13(10-8-12)16(21)20-14-5-3-4-6-15(14)24(22,23)17(18)19/h3-11,17H,1-2H3,(H,20,21). The van der Waals surface area contributed by atoms with Gasteiger partial charge in [-0.3, -0.25) is 4.79 Å². The summed E-state index contributed by atoms with van der Waals surface area (Å²) >= 11 is 0. The summed E-state index contributed by atoms with van der Waals surface area (Å²) in [4.78, 5) is 11.6. The molecule has 7 heteroatoms. The van der Waals surface area contributed by atoms with E-state index in [9.17, 15) is 22.0 Å². The third-order valence-corrected chi connectivity index (χ3v) is 4.95. The molecule has 2 aromatic rings. The number of anilines is 1. The van der Waals surface area contributed by atoms with E-state index in [0.717, 1.165) is 11.6 Å². The molecule has 0 aliphatic heterocycles. The summed E-state index contributed by atoms with van der Waals surface area (Å²) in [6.07, 6.45) is 0. The summed E-state index contributed by atoms with van der Waals surface area (Å²) in [5, 5.41) is 2.39. The Labute approximate surface area is 139 Å². The van der Waals surface area contributed by atoms with Crippen LogP contribution in [0.2, 0.25) is 0 Å². The van der Waals surface area contributed by atoms with Gasteiger partial charge in [0.25, 0.3) is 5.91 Å². The molecule has 0 saturated carbocycles. The van der Waals surface area contributed by atoms with Gasteiger partial charge in [0, 0.05) is 5.56 Å². The van der Waals surface area contributed by atoms with Crippen LogP contribution in [0.15, 0.2) is 53.4 Å². The maximum Gasteiger partial charge on any atom is 0.341 e. The molecule has 1 N–H and O–H groups in total. The molecule has 0 radical (unpaired) electrons. The SMILES string of the molecule is CC(C)c1ccc(C(=O)Nc2ccccc2S(=O)(=O)C(F)F)cc1. The highest BCUT2D eigenvalue weighted by Gasteiger charge is 2.29. The fourth-order valence-electron chi connectivity index (χ4n) is 2.13. The van der Waals surface area contributed by atoms with Gasteiger partial charge < -0.3 is 5.32 Å². The molecule has 0 bridgehead atoms. The molecule has 4 nitrogen and oxygen atoms in total. The monoisotopic (exact) mass is 353 g/mol. The summed E-state index contributed by atoms with van der Waals surface area (Å²) < 4.78 is 48.9. The number of nitrogens with one attached hydrogen (secondary N) is 1. The first kappa shape index (κ1) is 18.1. The molecular formula is C17H17F2NO3S. The molecule has 0 heterocycles. The zero-order valence-corrected chi connectivity index (χ0v) is 14.0. The van der Waals surface area contributed by atoms with Crippen LogP contribution < -0.4 is 5.32 Å². The van der Waals surface area contributed by atoms with Gasteiger partial charge in [0.05, 0.1) is 10.6 Å². The van der Waals surface area contributed by atoms with E-state index in [1.807, 2.05) is 13.8 Å². The lowest BCUT2D eigenvalue weighted by Crippen LogP contribution is -2.17. The van der Waals surface area contributed by atoms with Crippen molar-refractivity contribution in [3.63, 3.8) is 0 Å². The van der Waals surface area contributed by atoms with Crippen molar-refractivity contribution < 1.29 is 22.0 Å². The highest BCUT2D eigenvalue weighted by atomic mass is 32.2. The lowest BCUT2D eigenvalue weighted by molar-refractivity contribution is 0.102. The van der Waals surface area contributed by atoms with E-state index in [1.54, 1.807) is 24.3 Å². The van der Waals surface area contributed by atoms with E-state index in [2.05, 4.69) is 5.32 Å². The highest BCUT2D eigenvalue weighted by molar-refractivity contribution is 7.91. The third-order valence-electron chi connectivity index (χ3n) is 3.52. The quantitative estimate of drug-likeness (QED) is 0.882. The van der Waals surface area contributed by atoms with Crippen molar-refractivity contribution in [1.82, 2.24) is 0 Å². The second kappa shape index (κ2) is 7.09. The second-order valence-corrected chi connectivity index (χ2v) is 7.42. The maximum absolute atomic E-state index is 12.8. The minimum atomic E-state index is -4.80. The Kier molecular flexibility index (Phi) is 5.33. The Morgan fingerprint density at radius 3 is 2.12 bits per heavy atom.